The number of ether oxygens (including phenoxy) is 2. The van der Waals surface area contributed by atoms with E-state index < -0.39 is 0 Å². The van der Waals surface area contributed by atoms with Crippen LogP contribution >= 0.6 is 0 Å². The lowest BCUT2D eigenvalue weighted by Crippen LogP contribution is -2.49. The van der Waals surface area contributed by atoms with Crippen LogP contribution in [0.4, 0.5) is 10.5 Å². The maximum absolute atomic E-state index is 12.7. The third-order valence-electron chi connectivity index (χ3n) is 5.33. The summed E-state index contributed by atoms with van der Waals surface area (Å²) in [6, 6.07) is 14.1. The van der Waals surface area contributed by atoms with E-state index in [9.17, 15) is 4.79 Å². The van der Waals surface area contributed by atoms with Crippen molar-refractivity contribution in [2.24, 2.45) is 0 Å². The Morgan fingerprint density at radius 1 is 1.04 bits per heavy atom. The number of piperazine rings is 1. The Hall–Kier alpha value is -2.73. The highest BCUT2D eigenvalue weighted by atomic mass is 16.7. The zero-order valence-electron chi connectivity index (χ0n) is 16.5. The second-order valence-corrected chi connectivity index (χ2v) is 7.62. The highest BCUT2D eigenvalue weighted by Crippen LogP contribution is 2.33. The zero-order chi connectivity index (χ0) is 19.5. The number of nitrogens with one attached hydrogen (secondary N) is 1. The van der Waals surface area contributed by atoms with Gasteiger partial charge in [-0.15, -0.1) is 0 Å². The maximum Gasteiger partial charge on any atom is 0.321 e. The van der Waals surface area contributed by atoms with Gasteiger partial charge in [-0.05, 0) is 35.2 Å². The van der Waals surface area contributed by atoms with Crippen LogP contribution in [0.15, 0.2) is 42.5 Å². The van der Waals surface area contributed by atoms with Gasteiger partial charge in [0.05, 0.1) is 0 Å². The van der Waals surface area contributed by atoms with Crippen molar-refractivity contribution in [3.05, 3.63) is 53.6 Å². The molecule has 0 aromatic heterocycles. The van der Waals surface area contributed by atoms with Crippen LogP contribution in [0.3, 0.4) is 0 Å². The van der Waals surface area contributed by atoms with Crippen LogP contribution in [0.2, 0.25) is 0 Å². The Morgan fingerprint density at radius 2 is 1.79 bits per heavy atom. The van der Waals surface area contributed by atoms with Crippen LogP contribution in [-0.4, -0.2) is 48.8 Å². The number of urea groups is 1. The smallest absolute Gasteiger partial charge is 0.321 e. The number of amides is 2. The van der Waals surface area contributed by atoms with Crippen molar-refractivity contribution in [2.75, 3.05) is 38.3 Å². The number of anilines is 1. The molecule has 2 aromatic rings. The Balaban J connectivity index is 1.31. The van der Waals surface area contributed by atoms with Gasteiger partial charge in [-0.2, -0.15) is 0 Å². The molecule has 1 N–H and O–H groups in total. The van der Waals surface area contributed by atoms with Gasteiger partial charge < -0.3 is 19.7 Å². The number of carbonyl (C=O) groups excluding carboxylic acids is 1. The maximum atomic E-state index is 12.7. The van der Waals surface area contributed by atoms with E-state index in [2.05, 4.69) is 36.2 Å². The lowest BCUT2D eigenvalue weighted by molar-refractivity contribution is 0.143. The predicted octanol–water partition coefficient (Wildman–Crippen LogP) is 3.89. The fourth-order valence-electron chi connectivity index (χ4n) is 3.72. The Bertz CT molecular complexity index is 845. The monoisotopic (exact) mass is 381 g/mol. The molecule has 28 heavy (non-hydrogen) atoms. The fourth-order valence-corrected chi connectivity index (χ4v) is 3.72. The number of benzene rings is 2. The SMILES string of the molecule is CC(C)c1ccccc1NC(=O)N1CCN(Cc2ccc3c(c2)OCO3)CC1. The molecular weight excluding hydrogens is 354 g/mol. The second kappa shape index (κ2) is 8.10. The summed E-state index contributed by atoms with van der Waals surface area (Å²) in [5, 5.41) is 3.09. The van der Waals surface area contributed by atoms with Crippen molar-refractivity contribution >= 4 is 11.7 Å². The Kier molecular flexibility index (Phi) is 5.39. The van der Waals surface area contributed by atoms with Crippen LogP contribution in [0.5, 0.6) is 11.5 Å². The van der Waals surface area contributed by atoms with E-state index in [0.717, 1.165) is 55.5 Å². The van der Waals surface area contributed by atoms with Crippen molar-refractivity contribution in [1.82, 2.24) is 9.80 Å². The third kappa shape index (κ3) is 4.07. The van der Waals surface area contributed by atoms with Gasteiger partial charge in [0.25, 0.3) is 0 Å². The number of rotatable bonds is 4. The van der Waals surface area contributed by atoms with E-state index in [0.29, 0.717) is 12.7 Å². The van der Waals surface area contributed by atoms with Crippen LogP contribution < -0.4 is 14.8 Å². The van der Waals surface area contributed by atoms with Crippen molar-refractivity contribution < 1.29 is 14.3 Å². The van der Waals surface area contributed by atoms with Crippen LogP contribution in [0, 0.1) is 0 Å². The van der Waals surface area contributed by atoms with Gasteiger partial charge in [-0.3, -0.25) is 4.90 Å². The van der Waals surface area contributed by atoms with Gasteiger partial charge in [-0.1, -0.05) is 38.1 Å². The van der Waals surface area contributed by atoms with Gasteiger partial charge in [0, 0.05) is 38.4 Å². The molecule has 0 saturated carbocycles. The molecule has 6 heteroatoms. The molecule has 2 heterocycles. The summed E-state index contributed by atoms with van der Waals surface area (Å²) < 4.78 is 10.8. The first-order valence-corrected chi connectivity index (χ1v) is 9.86. The number of nitrogens with zero attached hydrogens (tertiary/aromatic N) is 2. The topological polar surface area (TPSA) is 54.0 Å². The van der Waals surface area contributed by atoms with Crippen LogP contribution in [-0.2, 0) is 6.54 Å². The van der Waals surface area contributed by atoms with Crippen molar-refractivity contribution in [3.63, 3.8) is 0 Å². The van der Waals surface area contributed by atoms with E-state index in [1.165, 1.54) is 5.56 Å². The summed E-state index contributed by atoms with van der Waals surface area (Å²) in [6.45, 7) is 8.58. The summed E-state index contributed by atoms with van der Waals surface area (Å²) in [4.78, 5) is 17.0. The molecule has 1 fully saturated rings. The minimum Gasteiger partial charge on any atom is -0.454 e. The second-order valence-electron chi connectivity index (χ2n) is 7.62. The zero-order valence-corrected chi connectivity index (χ0v) is 16.5. The lowest BCUT2D eigenvalue weighted by atomic mass is 10.0. The molecular formula is C22H27N3O3. The standard InChI is InChI=1S/C22H27N3O3/c1-16(2)18-5-3-4-6-19(18)23-22(26)25-11-9-24(10-12-25)14-17-7-8-20-21(13-17)28-15-27-20/h3-8,13,16H,9-12,14-15H2,1-2H3,(H,23,26). The number of para-hydroxylation sites is 1. The van der Waals surface area contributed by atoms with E-state index in [1.807, 2.05) is 35.2 Å². The first-order valence-electron chi connectivity index (χ1n) is 9.86. The van der Waals surface area contributed by atoms with Gasteiger partial charge in [0.15, 0.2) is 11.5 Å². The molecule has 2 aromatic carbocycles. The molecule has 6 nitrogen and oxygen atoms in total. The molecule has 0 radical (unpaired) electrons. The number of carbonyl (C=O) groups is 1. The van der Waals surface area contributed by atoms with Gasteiger partial charge in [0.1, 0.15) is 0 Å². The van der Waals surface area contributed by atoms with E-state index >= 15 is 0 Å². The third-order valence-corrected chi connectivity index (χ3v) is 5.33. The number of hydrogen-bond acceptors (Lipinski definition) is 4. The molecule has 4 rings (SSSR count). The van der Waals surface area contributed by atoms with Gasteiger partial charge in [0.2, 0.25) is 6.79 Å². The average molecular weight is 381 g/mol. The van der Waals surface area contributed by atoms with Gasteiger partial charge in [-0.25, -0.2) is 4.79 Å². The molecule has 0 atom stereocenters. The Morgan fingerprint density at radius 3 is 2.57 bits per heavy atom. The van der Waals surface area contributed by atoms with E-state index in [4.69, 9.17) is 9.47 Å². The van der Waals surface area contributed by atoms with Crippen molar-refractivity contribution in [1.29, 1.82) is 0 Å². The highest BCUT2D eigenvalue weighted by Gasteiger charge is 2.22. The fraction of sp³-hybridized carbons (Fsp3) is 0.409. The molecule has 2 amide bonds. The van der Waals surface area contributed by atoms with Crippen molar-refractivity contribution in [3.8, 4) is 11.5 Å². The van der Waals surface area contributed by atoms with E-state index in [-0.39, 0.29) is 6.03 Å². The Labute approximate surface area is 166 Å². The molecule has 148 valence electrons. The molecule has 0 bridgehead atoms. The molecule has 0 aliphatic carbocycles. The number of fused-ring (bicyclic) bond motifs is 1. The summed E-state index contributed by atoms with van der Waals surface area (Å²) in [5.74, 6) is 2.00. The molecule has 1 saturated heterocycles. The number of hydrogen-bond donors (Lipinski definition) is 1. The molecule has 2 aliphatic heterocycles. The summed E-state index contributed by atoms with van der Waals surface area (Å²) in [5.41, 5.74) is 3.27. The minimum absolute atomic E-state index is 0.0178. The summed E-state index contributed by atoms with van der Waals surface area (Å²) >= 11 is 0. The first kappa shape index (κ1) is 18.6. The van der Waals surface area contributed by atoms with Gasteiger partial charge >= 0.3 is 6.03 Å². The highest BCUT2D eigenvalue weighted by molar-refractivity contribution is 5.90. The van der Waals surface area contributed by atoms with Crippen molar-refractivity contribution in [2.45, 2.75) is 26.3 Å². The normalized spacial score (nSPS) is 16.5. The quantitative estimate of drug-likeness (QED) is 0.873. The predicted molar refractivity (Wildman–Crippen MR) is 109 cm³/mol. The lowest BCUT2D eigenvalue weighted by Gasteiger charge is -2.35. The first-order chi connectivity index (χ1) is 13.6. The molecule has 0 spiro atoms. The largest absolute Gasteiger partial charge is 0.454 e. The minimum atomic E-state index is -0.0178. The molecule has 0 unspecified atom stereocenters. The molecule has 2 aliphatic rings. The summed E-state index contributed by atoms with van der Waals surface area (Å²) in [7, 11) is 0. The average Bonchev–Trinajstić information content (AvgIpc) is 3.16. The summed E-state index contributed by atoms with van der Waals surface area (Å²) in [6.07, 6.45) is 0. The van der Waals surface area contributed by atoms with Crippen LogP contribution in [0.25, 0.3) is 0 Å². The van der Waals surface area contributed by atoms with Crippen LogP contribution in [0.1, 0.15) is 30.9 Å². The van der Waals surface area contributed by atoms with E-state index in [1.54, 1.807) is 0 Å².